The lowest BCUT2D eigenvalue weighted by Crippen LogP contribution is -2.12. The molecule has 0 aliphatic heterocycles. The van der Waals surface area contributed by atoms with Gasteiger partial charge in [0.15, 0.2) is 5.69 Å². The third-order valence-electron chi connectivity index (χ3n) is 3.65. The summed E-state index contributed by atoms with van der Waals surface area (Å²) in [6.45, 7) is -0.470. The van der Waals surface area contributed by atoms with Crippen LogP contribution in [0.2, 0.25) is 5.02 Å². The number of nitrogens with two attached hydrogens (primary N) is 2. The lowest BCUT2D eigenvalue weighted by Gasteiger charge is -2.11. The number of aryl methyl sites for hydroxylation is 2. The Morgan fingerprint density at radius 1 is 1.17 bits per heavy atom. The molecule has 1 aromatic heterocycles. The predicted octanol–water partition coefficient (Wildman–Crippen LogP) is 4.22. The van der Waals surface area contributed by atoms with Crippen molar-refractivity contribution in [2.75, 3.05) is 18.1 Å². The zero-order valence-electron chi connectivity index (χ0n) is 12.9. The first kappa shape index (κ1) is 18.4. The molecule has 4 N–H and O–H groups in total. The van der Waals surface area contributed by atoms with Crippen molar-refractivity contribution in [3.05, 3.63) is 28.4 Å². The Hall–Kier alpha value is -1.96. The lowest BCUT2D eigenvalue weighted by molar-refractivity contribution is -0.143. The highest BCUT2D eigenvalue weighted by Gasteiger charge is 2.39. The minimum Gasteiger partial charge on any atom is -0.397 e. The Balaban J connectivity index is 2.57. The predicted molar refractivity (Wildman–Crippen MR) is 86.4 cm³/mol. The van der Waals surface area contributed by atoms with Gasteiger partial charge in [-0.05, 0) is 37.0 Å². The van der Waals surface area contributed by atoms with E-state index in [1.54, 1.807) is 6.07 Å². The minimum absolute atomic E-state index is 0.0200. The maximum absolute atomic E-state index is 13.1. The SMILES string of the molecule is Cn1nc(-c2cc(N)c(N)cc2CCCCF)c(Cl)c1C(F)(F)F. The van der Waals surface area contributed by atoms with Gasteiger partial charge in [0.1, 0.15) is 5.69 Å². The van der Waals surface area contributed by atoms with Gasteiger partial charge in [-0.25, -0.2) is 0 Å². The van der Waals surface area contributed by atoms with E-state index in [0.29, 0.717) is 40.8 Å². The fraction of sp³-hybridized carbons (Fsp3) is 0.400. The molecule has 1 heterocycles. The van der Waals surface area contributed by atoms with Crippen LogP contribution in [0.5, 0.6) is 0 Å². The summed E-state index contributed by atoms with van der Waals surface area (Å²) in [7, 11) is 1.17. The topological polar surface area (TPSA) is 69.9 Å². The Labute approximate surface area is 141 Å². The summed E-state index contributed by atoms with van der Waals surface area (Å²) in [6, 6.07) is 3.02. The number of rotatable bonds is 5. The van der Waals surface area contributed by atoms with E-state index >= 15 is 0 Å². The summed E-state index contributed by atoms with van der Waals surface area (Å²) in [6.07, 6.45) is -3.35. The van der Waals surface area contributed by atoms with Gasteiger partial charge in [-0.2, -0.15) is 18.3 Å². The Morgan fingerprint density at radius 2 is 1.79 bits per heavy atom. The first-order valence-electron chi connectivity index (χ1n) is 7.20. The van der Waals surface area contributed by atoms with Crippen LogP contribution < -0.4 is 11.5 Å². The second-order valence-electron chi connectivity index (χ2n) is 5.42. The summed E-state index contributed by atoms with van der Waals surface area (Å²) in [5.41, 5.74) is 12.0. The maximum atomic E-state index is 13.1. The van der Waals surface area contributed by atoms with Gasteiger partial charge in [0, 0.05) is 12.6 Å². The second-order valence-corrected chi connectivity index (χ2v) is 5.79. The number of aromatic nitrogens is 2. The van der Waals surface area contributed by atoms with Gasteiger partial charge in [0.2, 0.25) is 0 Å². The Morgan fingerprint density at radius 3 is 2.33 bits per heavy atom. The smallest absolute Gasteiger partial charge is 0.397 e. The standard InChI is InChI=1S/C15H17ClF4N4/c1-24-14(15(18,19)20)12(16)13(23-24)9-7-11(22)10(21)6-8(9)4-2-3-5-17/h6-7H,2-5,21-22H2,1H3. The van der Waals surface area contributed by atoms with Crippen molar-refractivity contribution < 1.29 is 17.6 Å². The highest BCUT2D eigenvalue weighted by atomic mass is 35.5. The molecule has 0 radical (unpaired) electrons. The summed E-state index contributed by atoms with van der Waals surface area (Å²) in [5.74, 6) is 0. The Kier molecular flexibility index (Phi) is 5.27. The summed E-state index contributed by atoms with van der Waals surface area (Å²) < 4.78 is 52.3. The van der Waals surface area contributed by atoms with E-state index in [0.717, 1.165) is 0 Å². The average molecular weight is 365 g/mol. The summed E-state index contributed by atoms with van der Waals surface area (Å²) in [5, 5.41) is 3.40. The van der Waals surface area contributed by atoms with Crippen LogP contribution in [0.15, 0.2) is 12.1 Å². The van der Waals surface area contributed by atoms with Crippen LogP contribution in [-0.4, -0.2) is 16.5 Å². The van der Waals surface area contributed by atoms with Crippen molar-refractivity contribution in [2.24, 2.45) is 7.05 Å². The molecular formula is C15H17ClF4N4. The quantitative estimate of drug-likeness (QED) is 0.474. The third-order valence-corrected chi connectivity index (χ3v) is 4.01. The third kappa shape index (κ3) is 3.58. The monoisotopic (exact) mass is 364 g/mol. The molecule has 0 aliphatic rings. The molecule has 0 atom stereocenters. The normalized spacial score (nSPS) is 11.9. The number of nitrogen functional groups attached to an aromatic ring is 2. The van der Waals surface area contributed by atoms with Crippen LogP contribution in [0.25, 0.3) is 11.3 Å². The number of benzene rings is 1. The molecule has 1 aromatic carbocycles. The van der Waals surface area contributed by atoms with Crippen molar-refractivity contribution in [1.29, 1.82) is 0 Å². The number of unbranched alkanes of at least 4 members (excludes halogenated alkanes) is 1. The van der Waals surface area contributed by atoms with Crippen molar-refractivity contribution >= 4 is 23.0 Å². The van der Waals surface area contributed by atoms with Crippen LogP contribution in [0.4, 0.5) is 28.9 Å². The fourth-order valence-corrected chi connectivity index (χ4v) is 2.86. The highest BCUT2D eigenvalue weighted by Crippen LogP contribution is 2.41. The van der Waals surface area contributed by atoms with Gasteiger partial charge in [0.05, 0.1) is 23.1 Å². The molecule has 2 aromatic rings. The van der Waals surface area contributed by atoms with Gasteiger partial charge in [-0.1, -0.05) is 11.6 Å². The molecular weight excluding hydrogens is 348 g/mol. The van der Waals surface area contributed by atoms with Gasteiger partial charge in [0.25, 0.3) is 0 Å². The highest BCUT2D eigenvalue weighted by molar-refractivity contribution is 6.33. The Bertz CT molecular complexity index is 740. The van der Waals surface area contributed by atoms with Crippen LogP contribution in [0, 0.1) is 0 Å². The molecule has 24 heavy (non-hydrogen) atoms. The van der Waals surface area contributed by atoms with Gasteiger partial charge >= 0.3 is 6.18 Å². The molecule has 0 saturated carbocycles. The van der Waals surface area contributed by atoms with Crippen LogP contribution in [-0.2, 0) is 19.6 Å². The lowest BCUT2D eigenvalue weighted by atomic mass is 9.97. The van der Waals surface area contributed by atoms with Gasteiger partial charge < -0.3 is 11.5 Å². The zero-order valence-corrected chi connectivity index (χ0v) is 13.7. The van der Waals surface area contributed by atoms with Gasteiger partial charge in [-0.3, -0.25) is 9.07 Å². The fourth-order valence-electron chi connectivity index (χ4n) is 2.50. The van der Waals surface area contributed by atoms with Crippen LogP contribution in [0.1, 0.15) is 24.1 Å². The molecule has 0 unspecified atom stereocenters. The summed E-state index contributed by atoms with van der Waals surface area (Å²) >= 11 is 5.94. The first-order chi connectivity index (χ1) is 11.2. The molecule has 0 amide bonds. The average Bonchev–Trinajstić information content (AvgIpc) is 2.77. The molecule has 0 aliphatic carbocycles. The largest absolute Gasteiger partial charge is 0.434 e. The van der Waals surface area contributed by atoms with E-state index < -0.39 is 23.6 Å². The van der Waals surface area contributed by atoms with Crippen molar-refractivity contribution in [3.8, 4) is 11.3 Å². The molecule has 9 heteroatoms. The maximum Gasteiger partial charge on any atom is 0.434 e. The zero-order chi connectivity index (χ0) is 18.1. The first-order valence-corrected chi connectivity index (χ1v) is 7.58. The van der Waals surface area contributed by atoms with E-state index in [1.165, 1.54) is 13.1 Å². The number of anilines is 2. The summed E-state index contributed by atoms with van der Waals surface area (Å²) in [4.78, 5) is 0. The van der Waals surface area contributed by atoms with Crippen molar-refractivity contribution in [2.45, 2.75) is 25.4 Å². The molecule has 4 nitrogen and oxygen atoms in total. The van der Waals surface area contributed by atoms with E-state index in [2.05, 4.69) is 5.10 Å². The van der Waals surface area contributed by atoms with Crippen molar-refractivity contribution in [1.82, 2.24) is 9.78 Å². The number of hydrogen-bond donors (Lipinski definition) is 2. The van der Waals surface area contributed by atoms with E-state index in [1.807, 2.05) is 0 Å². The molecule has 2 rings (SSSR count). The molecule has 0 bridgehead atoms. The van der Waals surface area contributed by atoms with E-state index in [-0.39, 0.29) is 11.4 Å². The molecule has 132 valence electrons. The molecule has 0 saturated heterocycles. The second kappa shape index (κ2) is 6.88. The molecule has 0 fully saturated rings. The number of nitrogens with zero attached hydrogens (tertiary/aromatic N) is 2. The number of hydrogen-bond acceptors (Lipinski definition) is 3. The van der Waals surface area contributed by atoms with Crippen molar-refractivity contribution in [3.63, 3.8) is 0 Å². The van der Waals surface area contributed by atoms with Gasteiger partial charge in [-0.15, -0.1) is 0 Å². The molecule has 0 spiro atoms. The van der Waals surface area contributed by atoms with Crippen LogP contribution in [0.3, 0.4) is 0 Å². The number of alkyl halides is 4. The minimum atomic E-state index is -4.63. The number of halogens is 5. The van der Waals surface area contributed by atoms with E-state index in [4.69, 9.17) is 23.1 Å². The van der Waals surface area contributed by atoms with Crippen LogP contribution >= 0.6 is 11.6 Å². The van der Waals surface area contributed by atoms with E-state index in [9.17, 15) is 17.6 Å².